The fourth-order valence-corrected chi connectivity index (χ4v) is 2.46. The summed E-state index contributed by atoms with van der Waals surface area (Å²) in [5.74, 6) is -0.529. The van der Waals surface area contributed by atoms with Gasteiger partial charge < -0.3 is 16.2 Å². The van der Waals surface area contributed by atoms with E-state index < -0.39 is 12.0 Å². The van der Waals surface area contributed by atoms with Crippen molar-refractivity contribution in [3.63, 3.8) is 0 Å². The number of nitrogens with two attached hydrogens (primary N) is 1. The first-order chi connectivity index (χ1) is 9.97. The first kappa shape index (κ1) is 15.5. The normalized spacial score (nSPS) is 22.8. The SMILES string of the molecule is CC1CCN(CC(=O)Nc2ccccc2C(N)=O)CC1O. The molecule has 6 heteroatoms. The number of piperidine rings is 1. The average Bonchev–Trinajstić information content (AvgIpc) is 2.43. The van der Waals surface area contributed by atoms with E-state index in [1.54, 1.807) is 24.3 Å². The van der Waals surface area contributed by atoms with Crippen LogP contribution in [0.3, 0.4) is 0 Å². The molecule has 0 saturated carbocycles. The lowest BCUT2D eigenvalue weighted by Gasteiger charge is -2.33. The number of hydrogen-bond donors (Lipinski definition) is 3. The average molecular weight is 291 g/mol. The van der Waals surface area contributed by atoms with Gasteiger partial charge in [-0.2, -0.15) is 0 Å². The van der Waals surface area contributed by atoms with Gasteiger partial charge in [-0.3, -0.25) is 14.5 Å². The summed E-state index contributed by atoms with van der Waals surface area (Å²) in [6, 6.07) is 6.64. The topological polar surface area (TPSA) is 95.7 Å². The Labute approximate surface area is 123 Å². The van der Waals surface area contributed by atoms with E-state index in [1.165, 1.54) is 0 Å². The van der Waals surface area contributed by atoms with E-state index in [0.717, 1.165) is 13.0 Å². The fourth-order valence-electron chi connectivity index (χ4n) is 2.46. The molecule has 2 amide bonds. The van der Waals surface area contributed by atoms with Crippen LogP contribution in [-0.2, 0) is 4.79 Å². The summed E-state index contributed by atoms with van der Waals surface area (Å²) < 4.78 is 0. The Morgan fingerprint density at radius 2 is 2.14 bits per heavy atom. The third-order valence-corrected chi connectivity index (χ3v) is 3.84. The molecule has 4 N–H and O–H groups in total. The number of rotatable bonds is 4. The molecule has 1 aromatic rings. The van der Waals surface area contributed by atoms with Crippen molar-refractivity contribution in [2.45, 2.75) is 19.4 Å². The lowest BCUT2D eigenvalue weighted by Crippen LogP contribution is -2.45. The molecule has 2 unspecified atom stereocenters. The largest absolute Gasteiger partial charge is 0.392 e. The second kappa shape index (κ2) is 6.69. The van der Waals surface area contributed by atoms with Gasteiger partial charge in [0, 0.05) is 6.54 Å². The van der Waals surface area contributed by atoms with E-state index in [-0.39, 0.29) is 23.9 Å². The highest BCUT2D eigenvalue weighted by molar-refractivity contribution is 6.03. The van der Waals surface area contributed by atoms with Gasteiger partial charge in [-0.25, -0.2) is 0 Å². The zero-order valence-electron chi connectivity index (χ0n) is 12.1. The van der Waals surface area contributed by atoms with Crippen molar-refractivity contribution in [1.82, 2.24) is 4.90 Å². The lowest BCUT2D eigenvalue weighted by atomic mass is 9.96. The summed E-state index contributed by atoms with van der Waals surface area (Å²) in [6.07, 6.45) is 0.469. The van der Waals surface area contributed by atoms with Crippen molar-refractivity contribution in [3.8, 4) is 0 Å². The predicted molar refractivity (Wildman–Crippen MR) is 79.8 cm³/mol. The number of amides is 2. The number of hydrogen-bond acceptors (Lipinski definition) is 4. The zero-order chi connectivity index (χ0) is 15.4. The number of benzene rings is 1. The molecular weight excluding hydrogens is 270 g/mol. The second-order valence-electron chi connectivity index (χ2n) is 5.53. The molecule has 114 valence electrons. The molecule has 1 fully saturated rings. The van der Waals surface area contributed by atoms with E-state index >= 15 is 0 Å². The number of aliphatic hydroxyl groups is 1. The smallest absolute Gasteiger partial charge is 0.250 e. The number of likely N-dealkylation sites (tertiary alicyclic amines) is 1. The maximum absolute atomic E-state index is 12.1. The molecule has 1 aromatic carbocycles. The molecule has 0 aliphatic carbocycles. The van der Waals surface area contributed by atoms with Gasteiger partial charge in [-0.1, -0.05) is 19.1 Å². The molecule has 0 bridgehead atoms. The van der Waals surface area contributed by atoms with Gasteiger partial charge in [-0.05, 0) is 31.0 Å². The van der Waals surface area contributed by atoms with Gasteiger partial charge in [0.2, 0.25) is 5.91 Å². The Kier molecular flexibility index (Phi) is 4.93. The van der Waals surface area contributed by atoms with E-state index in [9.17, 15) is 14.7 Å². The second-order valence-corrected chi connectivity index (χ2v) is 5.53. The summed E-state index contributed by atoms with van der Waals surface area (Å²) in [5.41, 5.74) is 5.98. The quantitative estimate of drug-likeness (QED) is 0.749. The third-order valence-electron chi connectivity index (χ3n) is 3.84. The lowest BCUT2D eigenvalue weighted by molar-refractivity contribution is -0.118. The number of carbonyl (C=O) groups excluding carboxylic acids is 2. The first-order valence-corrected chi connectivity index (χ1v) is 7.06. The van der Waals surface area contributed by atoms with E-state index in [0.29, 0.717) is 12.2 Å². The number of nitrogens with zero attached hydrogens (tertiary/aromatic N) is 1. The summed E-state index contributed by atoms with van der Waals surface area (Å²) in [5, 5.41) is 12.5. The maximum Gasteiger partial charge on any atom is 0.250 e. The Morgan fingerprint density at radius 3 is 2.81 bits per heavy atom. The summed E-state index contributed by atoms with van der Waals surface area (Å²) >= 11 is 0. The van der Waals surface area contributed by atoms with Crippen molar-refractivity contribution in [2.75, 3.05) is 25.0 Å². The molecule has 0 spiro atoms. The summed E-state index contributed by atoms with van der Waals surface area (Å²) in [6.45, 7) is 3.47. The highest BCUT2D eigenvalue weighted by atomic mass is 16.3. The highest BCUT2D eigenvalue weighted by Gasteiger charge is 2.25. The molecule has 1 aliphatic heterocycles. The van der Waals surface area contributed by atoms with Crippen molar-refractivity contribution in [2.24, 2.45) is 11.7 Å². The van der Waals surface area contributed by atoms with Gasteiger partial charge in [0.25, 0.3) is 5.91 Å². The van der Waals surface area contributed by atoms with Crippen LogP contribution in [0.5, 0.6) is 0 Å². The zero-order valence-corrected chi connectivity index (χ0v) is 12.1. The van der Waals surface area contributed by atoms with E-state index in [4.69, 9.17) is 5.73 Å². The molecule has 1 aliphatic rings. The number of aliphatic hydroxyl groups excluding tert-OH is 1. The van der Waals surface area contributed by atoms with Crippen LogP contribution in [0.4, 0.5) is 5.69 Å². The number of carbonyl (C=O) groups is 2. The van der Waals surface area contributed by atoms with Gasteiger partial charge in [0.05, 0.1) is 23.9 Å². The molecule has 2 atom stereocenters. The van der Waals surface area contributed by atoms with Crippen LogP contribution in [0.1, 0.15) is 23.7 Å². The molecule has 0 aromatic heterocycles. The standard InChI is InChI=1S/C15H21N3O3/c1-10-6-7-18(8-13(10)19)9-14(20)17-12-5-3-2-4-11(12)15(16)21/h2-5,10,13,19H,6-9H2,1H3,(H2,16,21)(H,17,20). The monoisotopic (exact) mass is 291 g/mol. The van der Waals surface area contributed by atoms with Crippen molar-refractivity contribution >= 4 is 17.5 Å². The van der Waals surface area contributed by atoms with E-state index in [1.807, 2.05) is 11.8 Å². The molecule has 2 rings (SSSR count). The third kappa shape index (κ3) is 4.03. The molecule has 1 heterocycles. The minimum atomic E-state index is -0.576. The Hall–Kier alpha value is -1.92. The first-order valence-electron chi connectivity index (χ1n) is 7.06. The molecule has 1 saturated heterocycles. The number of para-hydroxylation sites is 1. The minimum absolute atomic E-state index is 0.191. The van der Waals surface area contributed by atoms with Crippen molar-refractivity contribution in [1.29, 1.82) is 0 Å². The highest BCUT2D eigenvalue weighted by Crippen LogP contribution is 2.17. The Morgan fingerprint density at radius 1 is 1.43 bits per heavy atom. The number of primary amides is 1. The van der Waals surface area contributed by atoms with Crippen LogP contribution < -0.4 is 11.1 Å². The van der Waals surface area contributed by atoms with Gasteiger partial charge >= 0.3 is 0 Å². The van der Waals surface area contributed by atoms with Crippen LogP contribution in [-0.4, -0.2) is 47.6 Å². The number of anilines is 1. The van der Waals surface area contributed by atoms with Crippen LogP contribution >= 0.6 is 0 Å². The van der Waals surface area contributed by atoms with Crippen LogP contribution in [0.2, 0.25) is 0 Å². The molecule has 21 heavy (non-hydrogen) atoms. The van der Waals surface area contributed by atoms with Crippen LogP contribution in [0.25, 0.3) is 0 Å². The summed E-state index contributed by atoms with van der Waals surface area (Å²) in [4.78, 5) is 25.3. The van der Waals surface area contributed by atoms with Gasteiger partial charge in [0.15, 0.2) is 0 Å². The fraction of sp³-hybridized carbons (Fsp3) is 0.467. The minimum Gasteiger partial charge on any atom is -0.392 e. The predicted octanol–water partition coefficient (Wildman–Crippen LogP) is 0.427. The van der Waals surface area contributed by atoms with Crippen molar-refractivity contribution < 1.29 is 14.7 Å². The van der Waals surface area contributed by atoms with Crippen LogP contribution in [0.15, 0.2) is 24.3 Å². The van der Waals surface area contributed by atoms with E-state index in [2.05, 4.69) is 5.32 Å². The van der Waals surface area contributed by atoms with Gasteiger partial charge in [0.1, 0.15) is 0 Å². The maximum atomic E-state index is 12.1. The molecular formula is C15H21N3O3. The Bertz CT molecular complexity index is 533. The van der Waals surface area contributed by atoms with Gasteiger partial charge in [-0.15, -0.1) is 0 Å². The molecule has 6 nitrogen and oxygen atoms in total. The molecule has 0 radical (unpaired) electrons. The number of β-amino-alcohol motifs (C(OH)–C–C–N with tert-alkyl or cyclic N) is 1. The van der Waals surface area contributed by atoms with Crippen molar-refractivity contribution in [3.05, 3.63) is 29.8 Å². The van der Waals surface area contributed by atoms with Crippen LogP contribution in [0, 0.1) is 5.92 Å². The number of nitrogens with one attached hydrogen (secondary N) is 1. The summed E-state index contributed by atoms with van der Waals surface area (Å²) in [7, 11) is 0. The Balaban J connectivity index is 1.95.